The Morgan fingerprint density at radius 1 is 1.07 bits per heavy atom. The average Bonchev–Trinajstić information content (AvgIpc) is 2.17. The number of halogens is 2. The lowest BCUT2D eigenvalue weighted by Crippen LogP contribution is -1.88. The molecule has 1 heterocycles. The molecule has 15 heavy (non-hydrogen) atoms. The number of aryl methyl sites for hydroxylation is 1. The minimum Gasteiger partial charge on any atom is -0.236 e. The van der Waals surface area contributed by atoms with Gasteiger partial charge in [0.05, 0.1) is 5.69 Å². The topological polar surface area (TPSA) is 25.8 Å². The number of rotatable bonds is 1. The molecule has 0 aliphatic rings. The monoisotopic (exact) mass is 238 g/mol. The fraction of sp³-hybridized carbons (Fsp3) is 0.0909. The van der Waals surface area contributed by atoms with Crippen LogP contribution in [0.25, 0.3) is 11.3 Å². The maximum absolute atomic E-state index is 5.88. The van der Waals surface area contributed by atoms with Gasteiger partial charge >= 0.3 is 0 Å². The summed E-state index contributed by atoms with van der Waals surface area (Å²) in [7, 11) is 0. The second kappa shape index (κ2) is 4.17. The number of hydrogen-bond acceptors (Lipinski definition) is 2. The van der Waals surface area contributed by atoms with Crippen LogP contribution < -0.4 is 0 Å². The minimum absolute atomic E-state index is 0.439. The highest BCUT2D eigenvalue weighted by Crippen LogP contribution is 2.25. The van der Waals surface area contributed by atoms with Crippen molar-refractivity contribution in [2.75, 3.05) is 0 Å². The van der Waals surface area contributed by atoms with Crippen molar-refractivity contribution < 1.29 is 0 Å². The summed E-state index contributed by atoms with van der Waals surface area (Å²) in [6.45, 7) is 1.98. The van der Waals surface area contributed by atoms with E-state index < -0.39 is 0 Å². The highest BCUT2D eigenvalue weighted by atomic mass is 35.5. The van der Waals surface area contributed by atoms with Crippen LogP contribution in [0.15, 0.2) is 30.6 Å². The molecule has 0 unspecified atom stereocenters. The molecule has 0 aliphatic carbocycles. The second-order valence-electron chi connectivity index (χ2n) is 3.19. The summed E-state index contributed by atoms with van der Waals surface area (Å²) in [5.74, 6) is 0. The second-order valence-corrected chi connectivity index (χ2v) is 4.01. The van der Waals surface area contributed by atoms with Gasteiger partial charge < -0.3 is 0 Å². The summed E-state index contributed by atoms with van der Waals surface area (Å²) in [6, 6.07) is 7.39. The zero-order valence-electron chi connectivity index (χ0n) is 8.04. The van der Waals surface area contributed by atoms with Gasteiger partial charge in [-0.2, -0.15) is 0 Å². The van der Waals surface area contributed by atoms with Gasteiger partial charge in [0.15, 0.2) is 0 Å². The molecule has 2 nitrogen and oxygen atoms in total. The molecule has 0 bridgehead atoms. The fourth-order valence-electron chi connectivity index (χ4n) is 1.40. The van der Waals surface area contributed by atoms with Gasteiger partial charge in [-0.3, -0.25) is 0 Å². The summed E-state index contributed by atoms with van der Waals surface area (Å²) in [4.78, 5) is 8.00. The molecule has 0 radical (unpaired) electrons. The predicted octanol–water partition coefficient (Wildman–Crippen LogP) is 3.76. The predicted molar refractivity (Wildman–Crippen MR) is 62.2 cm³/mol. The molecule has 0 amide bonds. The van der Waals surface area contributed by atoms with Crippen LogP contribution in [0.3, 0.4) is 0 Å². The third kappa shape index (κ3) is 2.28. The van der Waals surface area contributed by atoms with Crippen molar-refractivity contribution in [3.05, 3.63) is 46.3 Å². The first-order valence-corrected chi connectivity index (χ1v) is 5.16. The summed E-state index contributed by atoms with van der Waals surface area (Å²) in [5.41, 5.74) is 2.89. The SMILES string of the molecule is Cc1cc(Cl)ccc1-c1cc(Cl)ncn1. The molecule has 0 saturated heterocycles. The van der Waals surface area contributed by atoms with Crippen LogP contribution in [0.1, 0.15) is 5.56 Å². The molecule has 2 rings (SSSR count). The van der Waals surface area contributed by atoms with Crippen LogP contribution in [-0.2, 0) is 0 Å². The Morgan fingerprint density at radius 3 is 2.53 bits per heavy atom. The van der Waals surface area contributed by atoms with E-state index in [9.17, 15) is 0 Å². The van der Waals surface area contributed by atoms with Gasteiger partial charge in [0.1, 0.15) is 11.5 Å². The Balaban J connectivity index is 2.54. The highest BCUT2D eigenvalue weighted by molar-refractivity contribution is 6.30. The lowest BCUT2D eigenvalue weighted by Gasteiger charge is -2.05. The van der Waals surface area contributed by atoms with E-state index in [1.165, 1.54) is 6.33 Å². The van der Waals surface area contributed by atoms with Crippen LogP contribution >= 0.6 is 23.2 Å². The van der Waals surface area contributed by atoms with Crippen LogP contribution in [0, 0.1) is 6.92 Å². The van der Waals surface area contributed by atoms with Crippen LogP contribution in [-0.4, -0.2) is 9.97 Å². The Kier molecular flexibility index (Phi) is 2.89. The standard InChI is InChI=1S/C11H8Cl2N2/c1-7-4-8(12)2-3-9(7)10-5-11(13)15-6-14-10/h2-6H,1H3. The van der Waals surface area contributed by atoms with Crippen molar-refractivity contribution in [2.24, 2.45) is 0 Å². The van der Waals surface area contributed by atoms with E-state index in [2.05, 4.69) is 9.97 Å². The smallest absolute Gasteiger partial charge is 0.133 e. The van der Waals surface area contributed by atoms with Crippen molar-refractivity contribution in [1.29, 1.82) is 0 Å². The van der Waals surface area contributed by atoms with Gasteiger partial charge in [-0.25, -0.2) is 9.97 Å². The van der Waals surface area contributed by atoms with Crippen molar-refractivity contribution in [3.63, 3.8) is 0 Å². The lowest BCUT2D eigenvalue weighted by atomic mass is 10.1. The summed E-state index contributed by atoms with van der Waals surface area (Å²) >= 11 is 11.7. The number of nitrogens with zero attached hydrogens (tertiary/aromatic N) is 2. The minimum atomic E-state index is 0.439. The normalized spacial score (nSPS) is 10.3. The van der Waals surface area contributed by atoms with Gasteiger partial charge in [-0.15, -0.1) is 0 Å². The molecule has 0 N–H and O–H groups in total. The molecule has 0 aliphatic heterocycles. The van der Waals surface area contributed by atoms with Crippen molar-refractivity contribution in [1.82, 2.24) is 9.97 Å². The zero-order chi connectivity index (χ0) is 10.8. The zero-order valence-corrected chi connectivity index (χ0v) is 9.55. The molecule has 1 aromatic carbocycles. The Hall–Kier alpha value is -1.12. The first-order chi connectivity index (χ1) is 7.16. The van der Waals surface area contributed by atoms with Crippen LogP contribution in [0.5, 0.6) is 0 Å². The largest absolute Gasteiger partial charge is 0.236 e. The van der Waals surface area contributed by atoms with E-state index >= 15 is 0 Å². The molecule has 2 aromatic rings. The van der Waals surface area contributed by atoms with E-state index in [1.807, 2.05) is 25.1 Å². The Labute approximate surface area is 97.9 Å². The molecule has 0 atom stereocenters. The molecule has 0 spiro atoms. The van der Waals surface area contributed by atoms with Crippen LogP contribution in [0.4, 0.5) is 0 Å². The van der Waals surface area contributed by atoms with Crippen LogP contribution in [0.2, 0.25) is 10.2 Å². The maximum Gasteiger partial charge on any atom is 0.133 e. The molecule has 1 aromatic heterocycles. The van der Waals surface area contributed by atoms with Gasteiger partial charge in [0, 0.05) is 16.7 Å². The molecule has 0 saturated carbocycles. The van der Waals surface area contributed by atoms with E-state index in [0.717, 1.165) is 21.8 Å². The lowest BCUT2D eigenvalue weighted by molar-refractivity contribution is 1.17. The van der Waals surface area contributed by atoms with Crippen molar-refractivity contribution in [2.45, 2.75) is 6.92 Å². The van der Waals surface area contributed by atoms with Gasteiger partial charge in [-0.1, -0.05) is 29.3 Å². The quantitative estimate of drug-likeness (QED) is 0.708. The van der Waals surface area contributed by atoms with Crippen molar-refractivity contribution >= 4 is 23.2 Å². The number of aromatic nitrogens is 2. The van der Waals surface area contributed by atoms with Gasteiger partial charge in [-0.05, 0) is 24.6 Å². The average molecular weight is 239 g/mol. The van der Waals surface area contributed by atoms with Gasteiger partial charge in [0.2, 0.25) is 0 Å². The fourth-order valence-corrected chi connectivity index (χ4v) is 1.77. The van der Waals surface area contributed by atoms with E-state index in [0.29, 0.717) is 5.15 Å². The Bertz CT molecular complexity index is 498. The first-order valence-electron chi connectivity index (χ1n) is 4.41. The molecular weight excluding hydrogens is 231 g/mol. The molecule has 4 heteroatoms. The third-order valence-corrected chi connectivity index (χ3v) is 2.54. The van der Waals surface area contributed by atoms with E-state index in [-0.39, 0.29) is 0 Å². The Morgan fingerprint density at radius 2 is 1.87 bits per heavy atom. The number of hydrogen-bond donors (Lipinski definition) is 0. The van der Waals surface area contributed by atoms with E-state index in [1.54, 1.807) is 6.07 Å². The summed E-state index contributed by atoms with van der Waals surface area (Å²) in [6.07, 6.45) is 1.45. The summed E-state index contributed by atoms with van der Waals surface area (Å²) in [5, 5.41) is 1.16. The first kappa shape index (κ1) is 10.4. The van der Waals surface area contributed by atoms with E-state index in [4.69, 9.17) is 23.2 Å². The highest BCUT2D eigenvalue weighted by Gasteiger charge is 2.04. The molecule has 76 valence electrons. The molecule has 0 fully saturated rings. The third-order valence-electron chi connectivity index (χ3n) is 2.10. The summed E-state index contributed by atoms with van der Waals surface area (Å²) < 4.78 is 0. The number of benzene rings is 1. The van der Waals surface area contributed by atoms with Crippen molar-refractivity contribution in [3.8, 4) is 11.3 Å². The maximum atomic E-state index is 5.88. The molecular formula is C11H8Cl2N2. The van der Waals surface area contributed by atoms with Gasteiger partial charge in [0.25, 0.3) is 0 Å².